The van der Waals surface area contributed by atoms with E-state index in [2.05, 4.69) is 34.6 Å². The maximum Gasteiger partial charge on any atom is 0.317 e. The Hall–Kier alpha value is -0.620. The Bertz CT molecular complexity index is 492. The van der Waals surface area contributed by atoms with Crippen molar-refractivity contribution in [3.05, 3.63) is 11.6 Å². The van der Waals surface area contributed by atoms with Crippen LogP contribution < -0.4 is 0 Å². The summed E-state index contributed by atoms with van der Waals surface area (Å²) in [5.41, 5.74) is 1.27. The highest BCUT2D eigenvalue weighted by Crippen LogP contribution is 2.22. The molecule has 0 aliphatic rings. The summed E-state index contributed by atoms with van der Waals surface area (Å²) in [5, 5.41) is 8.54. The number of allylic oxidation sites excluding steroid dienone is 1. The quantitative estimate of drug-likeness (QED) is 0.0938. The predicted octanol–water partition coefficient (Wildman–Crippen LogP) is 7.38. The first-order valence-corrected chi connectivity index (χ1v) is 14.0. The zero-order valence-corrected chi connectivity index (χ0v) is 21.4. The molecule has 1 N–H and O–H groups in total. The van der Waals surface area contributed by atoms with E-state index in [9.17, 15) is 9.59 Å². The van der Waals surface area contributed by atoms with Crippen molar-refractivity contribution in [2.45, 2.75) is 92.4 Å². The molecule has 0 aromatic rings. The Morgan fingerprint density at radius 2 is 1.40 bits per heavy atom. The summed E-state index contributed by atoms with van der Waals surface area (Å²) in [6.07, 6.45) is 13.6. The number of carboxylic acids is 1. The third-order valence-corrected chi connectivity index (χ3v) is 7.35. The van der Waals surface area contributed by atoms with Crippen LogP contribution in [0.5, 0.6) is 0 Å². The number of ether oxygens (including phenoxy) is 1. The van der Waals surface area contributed by atoms with E-state index in [4.69, 9.17) is 9.84 Å². The average Bonchev–Trinajstić information content (AvgIpc) is 2.64. The van der Waals surface area contributed by atoms with Gasteiger partial charge in [-0.25, -0.2) is 0 Å². The molecule has 0 bridgehead atoms. The number of hydrogen-bond acceptors (Lipinski definition) is 5. The van der Waals surface area contributed by atoms with Crippen molar-refractivity contribution >= 4 is 33.5 Å². The van der Waals surface area contributed by atoms with E-state index in [1.54, 1.807) is 0 Å². The SMILES string of the molecule is C/C(=C\COC(=O)CSSCC(=O)O)CCC[C@H](C)CCC[C@H](C)CCCC(C)C. The highest BCUT2D eigenvalue weighted by atomic mass is 33.1. The van der Waals surface area contributed by atoms with Crippen molar-refractivity contribution in [3.8, 4) is 0 Å². The summed E-state index contributed by atoms with van der Waals surface area (Å²) in [6.45, 7) is 11.8. The minimum Gasteiger partial charge on any atom is -0.481 e. The summed E-state index contributed by atoms with van der Waals surface area (Å²) < 4.78 is 5.17. The standard InChI is InChI=1S/C24H44O4S2/c1-19(2)9-6-10-20(3)11-7-12-21(4)13-8-14-22(5)15-16-28-24(27)18-30-29-17-23(25)26/h15,19-21H,6-14,16-18H2,1-5H3,(H,25,26)/b22-15+/t20-,21-/m1/s1. The molecule has 0 aliphatic carbocycles. The van der Waals surface area contributed by atoms with Crippen LogP contribution in [0.15, 0.2) is 11.6 Å². The van der Waals surface area contributed by atoms with E-state index in [0.717, 1.165) is 35.0 Å². The van der Waals surface area contributed by atoms with Crippen LogP contribution in [-0.2, 0) is 14.3 Å². The van der Waals surface area contributed by atoms with Gasteiger partial charge >= 0.3 is 11.9 Å². The molecule has 0 spiro atoms. The zero-order valence-electron chi connectivity index (χ0n) is 19.8. The van der Waals surface area contributed by atoms with E-state index in [-0.39, 0.29) is 17.5 Å². The lowest BCUT2D eigenvalue weighted by Crippen LogP contribution is -2.07. The lowest BCUT2D eigenvalue weighted by atomic mass is 9.91. The molecule has 0 aliphatic heterocycles. The maximum absolute atomic E-state index is 11.6. The molecule has 0 heterocycles. The summed E-state index contributed by atoms with van der Waals surface area (Å²) in [5.74, 6) is 1.47. The van der Waals surface area contributed by atoms with Crippen LogP contribution in [0.25, 0.3) is 0 Å². The van der Waals surface area contributed by atoms with Crippen LogP contribution in [0.2, 0.25) is 0 Å². The van der Waals surface area contributed by atoms with E-state index >= 15 is 0 Å². The molecule has 2 atom stereocenters. The highest BCUT2D eigenvalue weighted by molar-refractivity contribution is 8.77. The molecule has 0 saturated carbocycles. The van der Waals surface area contributed by atoms with Gasteiger partial charge in [-0.2, -0.15) is 0 Å². The Balaban J connectivity index is 3.70. The monoisotopic (exact) mass is 460 g/mol. The van der Waals surface area contributed by atoms with E-state index in [1.807, 2.05) is 6.08 Å². The molecule has 0 radical (unpaired) electrons. The normalized spacial score (nSPS) is 14.0. The smallest absolute Gasteiger partial charge is 0.317 e. The molecule has 0 aromatic carbocycles. The average molecular weight is 461 g/mol. The van der Waals surface area contributed by atoms with Gasteiger partial charge in [0.25, 0.3) is 0 Å². The summed E-state index contributed by atoms with van der Waals surface area (Å²) in [6, 6.07) is 0. The Morgan fingerprint density at radius 1 is 0.867 bits per heavy atom. The van der Waals surface area contributed by atoms with Crippen molar-refractivity contribution < 1.29 is 19.4 Å². The molecule has 0 rings (SSSR count). The number of hydrogen-bond donors (Lipinski definition) is 1. The third kappa shape index (κ3) is 20.6. The zero-order chi connectivity index (χ0) is 22.8. The number of aliphatic carboxylic acids is 1. The minimum atomic E-state index is -0.875. The minimum absolute atomic E-state index is 0.00724. The lowest BCUT2D eigenvalue weighted by Gasteiger charge is -2.15. The van der Waals surface area contributed by atoms with Crippen LogP contribution in [0, 0.1) is 17.8 Å². The number of carboxylic acid groups (broad SMARTS) is 1. The van der Waals surface area contributed by atoms with Crippen molar-refractivity contribution in [2.24, 2.45) is 17.8 Å². The van der Waals surface area contributed by atoms with Gasteiger partial charge in [-0.05, 0) is 43.6 Å². The fraction of sp³-hybridized carbons (Fsp3) is 0.833. The van der Waals surface area contributed by atoms with E-state index in [1.165, 1.54) is 67.7 Å². The molecule has 0 unspecified atom stereocenters. The van der Waals surface area contributed by atoms with Gasteiger partial charge < -0.3 is 9.84 Å². The van der Waals surface area contributed by atoms with E-state index in [0.29, 0.717) is 6.61 Å². The molecule has 0 saturated heterocycles. The van der Waals surface area contributed by atoms with Gasteiger partial charge in [-0.1, -0.05) is 99.8 Å². The first-order valence-electron chi connectivity index (χ1n) is 11.5. The fourth-order valence-electron chi connectivity index (χ4n) is 3.31. The molecule has 176 valence electrons. The second kappa shape index (κ2) is 19.1. The largest absolute Gasteiger partial charge is 0.481 e. The van der Waals surface area contributed by atoms with Gasteiger partial charge in [0.2, 0.25) is 0 Å². The van der Waals surface area contributed by atoms with Crippen molar-refractivity contribution in [1.82, 2.24) is 0 Å². The summed E-state index contributed by atoms with van der Waals surface area (Å²) >= 11 is 0. The number of carbonyl (C=O) groups is 2. The molecule has 0 amide bonds. The summed E-state index contributed by atoms with van der Waals surface area (Å²) in [7, 11) is 2.37. The molecular formula is C24H44O4S2. The first-order chi connectivity index (χ1) is 14.2. The van der Waals surface area contributed by atoms with Crippen molar-refractivity contribution in [1.29, 1.82) is 0 Å². The van der Waals surface area contributed by atoms with E-state index < -0.39 is 5.97 Å². The van der Waals surface area contributed by atoms with Crippen LogP contribution in [0.1, 0.15) is 92.4 Å². The topological polar surface area (TPSA) is 63.6 Å². The van der Waals surface area contributed by atoms with Gasteiger partial charge in [0.15, 0.2) is 0 Å². The Labute approximate surface area is 192 Å². The second-order valence-corrected chi connectivity index (χ2v) is 11.5. The van der Waals surface area contributed by atoms with Gasteiger partial charge in [-0.15, -0.1) is 0 Å². The van der Waals surface area contributed by atoms with Crippen LogP contribution >= 0.6 is 21.6 Å². The molecule has 4 nitrogen and oxygen atoms in total. The van der Waals surface area contributed by atoms with Gasteiger partial charge in [0.05, 0.1) is 0 Å². The molecule has 0 aromatic heterocycles. The van der Waals surface area contributed by atoms with Crippen LogP contribution in [0.4, 0.5) is 0 Å². The molecular weight excluding hydrogens is 416 g/mol. The molecule has 6 heteroatoms. The Morgan fingerprint density at radius 3 is 1.97 bits per heavy atom. The van der Waals surface area contributed by atoms with Crippen LogP contribution in [-0.4, -0.2) is 35.2 Å². The lowest BCUT2D eigenvalue weighted by molar-refractivity contribution is -0.139. The number of esters is 1. The van der Waals surface area contributed by atoms with Gasteiger partial charge in [0, 0.05) is 0 Å². The summed E-state index contributed by atoms with van der Waals surface area (Å²) in [4.78, 5) is 22.0. The fourth-order valence-corrected chi connectivity index (χ4v) is 4.85. The number of carbonyl (C=O) groups excluding carboxylic acids is 1. The number of rotatable bonds is 19. The van der Waals surface area contributed by atoms with Gasteiger partial charge in [-0.3, -0.25) is 9.59 Å². The highest BCUT2D eigenvalue weighted by Gasteiger charge is 2.07. The second-order valence-electron chi connectivity index (χ2n) is 9.01. The first kappa shape index (κ1) is 29.4. The predicted molar refractivity (Wildman–Crippen MR) is 132 cm³/mol. The van der Waals surface area contributed by atoms with Crippen molar-refractivity contribution in [3.63, 3.8) is 0 Å². The van der Waals surface area contributed by atoms with Crippen molar-refractivity contribution in [2.75, 3.05) is 18.1 Å². The maximum atomic E-state index is 11.6. The van der Waals surface area contributed by atoms with Crippen LogP contribution in [0.3, 0.4) is 0 Å². The van der Waals surface area contributed by atoms with Gasteiger partial charge in [0.1, 0.15) is 18.1 Å². The Kier molecular flexibility index (Phi) is 18.7. The third-order valence-electron chi connectivity index (χ3n) is 5.26. The molecule has 0 fully saturated rings. The molecule has 30 heavy (non-hydrogen) atoms.